The molecule has 0 spiro atoms. The number of alkyl halides is 3. The minimum atomic E-state index is -4.31. The number of carbonyl (C=O) groups is 1. The highest BCUT2D eigenvalue weighted by atomic mass is 19.4. The molecule has 134 valence electrons. The fraction of sp³-hybridized carbons (Fsp3) is 0.588. The predicted molar refractivity (Wildman–Crippen MR) is 88.1 cm³/mol. The Bertz CT molecular complexity index is 560. The van der Waals surface area contributed by atoms with Crippen molar-refractivity contribution in [1.82, 2.24) is 10.2 Å². The van der Waals surface area contributed by atoms with Crippen LogP contribution in [0.4, 0.5) is 23.7 Å². The van der Waals surface area contributed by atoms with E-state index in [1.54, 1.807) is 6.07 Å². The van der Waals surface area contributed by atoms with Gasteiger partial charge in [0, 0.05) is 17.8 Å². The Hall–Kier alpha value is -1.76. The van der Waals surface area contributed by atoms with E-state index in [4.69, 9.17) is 0 Å². The highest BCUT2D eigenvalue weighted by molar-refractivity contribution is 5.90. The lowest BCUT2D eigenvalue weighted by atomic mass is 9.90. The maximum atomic E-state index is 12.6. The number of amides is 2. The molecule has 0 saturated heterocycles. The van der Waals surface area contributed by atoms with E-state index in [0.717, 1.165) is 25.7 Å². The molecule has 0 unspecified atom stereocenters. The number of hydrogen-bond acceptors (Lipinski definition) is 2. The molecule has 1 aromatic rings. The molecule has 0 heterocycles. The van der Waals surface area contributed by atoms with Crippen LogP contribution in [-0.4, -0.2) is 43.3 Å². The van der Waals surface area contributed by atoms with E-state index in [1.807, 2.05) is 14.1 Å². The van der Waals surface area contributed by atoms with Crippen LogP contribution in [0.15, 0.2) is 24.3 Å². The van der Waals surface area contributed by atoms with Crippen LogP contribution in [0.2, 0.25) is 0 Å². The van der Waals surface area contributed by atoms with Crippen molar-refractivity contribution in [2.24, 2.45) is 0 Å². The number of anilines is 1. The van der Waals surface area contributed by atoms with Crippen LogP contribution in [0.3, 0.4) is 0 Å². The SMILES string of the molecule is CN(C)[C@@H]1CCC[C@H](NC(=O)Nc2ccccc2CC(F)(F)F)C1. The Morgan fingerprint density at radius 1 is 1.25 bits per heavy atom. The number of urea groups is 1. The van der Waals surface area contributed by atoms with Crippen LogP contribution in [0.5, 0.6) is 0 Å². The standard InChI is InChI=1S/C17H24F3N3O/c1-23(2)14-8-5-7-13(10-14)21-16(24)22-15-9-4-3-6-12(15)11-17(18,19)20/h3-4,6,9,13-14H,5,7-8,10-11H2,1-2H3,(H2,21,22,24)/t13-,14+/m0/s1. The van der Waals surface area contributed by atoms with Crippen LogP contribution >= 0.6 is 0 Å². The zero-order valence-electron chi connectivity index (χ0n) is 14.0. The molecule has 24 heavy (non-hydrogen) atoms. The topological polar surface area (TPSA) is 44.4 Å². The number of para-hydroxylation sites is 1. The molecule has 1 fully saturated rings. The summed E-state index contributed by atoms with van der Waals surface area (Å²) in [5.41, 5.74) is 0.266. The summed E-state index contributed by atoms with van der Waals surface area (Å²) >= 11 is 0. The van der Waals surface area contributed by atoms with Crippen molar-refractivity contribution in [1.29, 1.82) is 0 Å². The Labute approximate surface area is 140 Å². The molecule has 1 aliphatic rings. The van der Waals surface area contributed by atoms with Gasteiger partial charge in [-0.25, -0.2) is 4.79 Å². The van der Waals surface area contributed by atoms with Gasteiger partial charge < -0.3 is 15.5 Å². The summed E-state index contributed by atoms with van der Waals surface area (Å²) in [5, 5.41) is 5.45. The third-order valence-corrected chi connectivity index (χ3v) is 4.37. The van der Waals surface area contributed by atoms with Gasteiger partial charge in [0.2, 0.25) is 0 Å². The number of carbonyl (C=O) groups excluding carboxylic acids is 1. The van der Waals surface area contributed by atoms with Crippen LogP contribution < -0.4 is 10.6 Å². The molecule has 0 radical (unpaired) electrons. The fourth-order valence-electron chi connectivity index (χ4n) is 3.12. The summed E-state index contributed by atoms with van der Waals surface area (Å²) in [5.74, 6) is 0. The highest BCUT2D eigenvalue weighted by Gasteiger charge is 2.29. The molecule has 2 N–H and O–H groups in total. The van der Waals surface area contributed by atoms with Gasteiger partial charge >= 0.3 is 12.2 Å². The second kappa shape index (κ2) is 7.88. The molecule has 2 atom stereocenters. The van der Waals surface area contributed by atoms with Gasteiger partial charge in [-0.2, -0.15) is 13.2 Å². The molecule has 1 aliphatic carbocycles. The zero-order valence-corrected chi connectivity index (χ0v) is 14.0. The van der Waals surface area contributed by atoms with Gasteiger partial charge in [0.1, 0.15) is 0 Å². The van der Waals surface area contributed by atoms with Crippen molar-refractivity contribution in [2.75, 3.05) is 19.4 Å². The normalized spacial score (nSPS) is 21.6. The smallest absolute Gasteiger partial charge is 0.335 e. The van der Waals surface area contributed by atoms with E-state index in [2.05, 4.69) is 15.5 Å². The first kappa shape index (κ1) is 18.6. The first-order valence-corrected chi connectivity index (χ1v) is 8.13. The van der Waals surface area contributed by atoms with Gasteiger partial charge in [-0.05, 0) is 51.4 Å². The Kier molecular flexibility index (Phi) is 6.10. The third-order valence-electron chi connectivity index (χ3n) is 4.37. The van der Waals surface area contributed by atoms with Gasteiger partial charge in [-0.1, -0.05) is 18.2 Å². The predicted octanol–water partition coefficient (Wildman–Crippen LogP) is 3.79. The molecule has 0 bridgehead atoms. The summed E-state index contributed by atoms with van der Waals surface area (Å²) < 4.78 is 37.9. The zero-order chi connectivity index (χ0) is 17.7. The van der Waals surface area contributed by atoms with Crippen molar-refractivity contribution >= 4 is 11.7 Å². The summed E-state index contributed by atoms with van der Waals surface area (Å²) in [4.78, 5) is 14.3. The van der Waals surface area contributed by atoms with Crippen molar-refractivity contribution in [2.45, 2.75) is 50.4 Å². The summed E-state index contributed by atoms with van der Waals surface area (Å²) in [6, 6.07) is 6.03. The maximum Gasteiger partial charge on any atom is 0.393 e. The lowest BCUT2D eigenvalue weighted by Crippen LogP contribution is -2.45. The van der Waals surface area contributed by atoms with E-state index < -0.39 is 18.6 Å². The summed E-state index contributed by atoms with van der Waals surface area (Å²) in [7, 11) is 4.03. The van der Waals surface area contributed by atoms with E-state index in [1.165, 1.54) is 18.2 Å². The molecule has 7 heteroatoms. The number of benzene rings is 1. The molecule has 0 aliphatic heterocycles. The van der Waals surface area contributed by atoms with Crippen molar-refractivity contribution in [3.8, 4) is 0 Å². The third kappa shape index (κ3) is 5.70. The molecule has 0 aromatic heterocycles. The van der Waals surface area contributed by atoms with E-state index >= 15 is 0 Å². The quantitative estimate of drug-likeness (QED) is 0.874. The molecular formula is C17H24F3N3O. The molecule has 2 amide bonds. The lowest BCUT2D eigenvalue weighted by molar-refractivity contribution is -0.127. The van der Waals surface area contributed by atoms with Crippen molar-refractivity contribution in [3.63, 3.8) is 0 Å². The van der Waals surface area contributed by atoms with Gasteiger partial charge in [0.25, 0.3) is 0 Å². The number of nitrogens with zero attached hydrogens (tertiary/aromatic N) is 1. The molecule has 1 saturated carbocycles. The first-order valence-electron chi connectivity index (χ1n) is 8.13. The van der Waals surface area contributed by atoms with Crippen LogP contribution in [-0.2, 0) is 6.42 Å². The van der Waals surface area contributed by atoms with E-state index in [9.17, 15) is 18.0 Å². The van der Waals surface area contributed by atoms with Gasteiger partial charge in [-0.15, -0.1) is 0 Å². The first-order chi connectivity index (χ1) is 11.2. The molecule has 1 aromatic carbocycles. The number of nitrogens with one attached hydrogen (secondary N) is 2. The second-order valence-electron chi connectivity index (χ2n) is 6.53. The second-order valence-corrected chi connectivity index (χ2v) is 6.53. The summed E-state index contributed by atoms with van der Waals surface area (Å²) in [6.45, 7) is 0. The van der Waals surface area contributed by atoms with Gasteiger partial charge in [0.05, 0.1) is 6.42 Å². The summed E-state index contributed by atoms with van der Waals surface area (Å²) in [6.07, 6.45) is -1.50. The van der Waals surface area contributed by atoms with Crippen LogP contribution in [0.25, 0.3) is 0 Å². The monoisotopic (exact) mass is 343 g/mol. The average molecular weight is 343 g/mol. The van der Waals surface area contributed by atoms with Crippen molar-refractivity contribution < 1.29 is 18.0 Å². The fourth-order valence-corrected chi connectivity index (χ4v) is 3.12. The van der Waals surface area contributed by atoms with Crippen LogP contribution in [0, 0.1) is 0 Å². The van der Waals surface area contributed by atoms with Gasteiger partial charge in [0.15, 0.2) is 0 Å². The van der Waals surface area contributed by atoms with Crippen molar-refractivity contribution in [3.05, 3.63) is 29.8 Å². The number of rotatable bonds is 4. The van der Waals surface area contributed by atoms with Gasteiger partial charge in [-0.3, -0.25) is 0 Å². The molecule has 2 rings (SSSR count). The van der Waals surface area contributed by atoms with Crippen LogP contribution in [0.1, 0.15) is 31.2 Å². The Morgan fingerprint density at radius 3 is 2.62 bits per heavy atom. The Morgan fingerprint density at radius 2 is 1.96 bits per heavy atom. The Balaban J connectivity index is 1.95. The molecule has 4 nitrogen and oxygen atoms in total. The molecular weight excluding hydrogens is 319 g/mol. The largest absolute Gasteiger partial charge is 0.393 e. The maximum absolute atomic E-state index is 12.6. The minimum Gasteiger partial charge on any atom is -0.335 e. The highest BCUT2D eigenvalue weighted by Crippen LogP contribution is 2.26. The number of hydrogen-bond donors (Lipinski definition) is 2. The lowest BCUT2D eigenvalue weighted by Gasteiger charge is -2.33. The minimum absolute atomic E-state index is 0.0425. The number of halogens is 3. The average Bonchev–Trinajstić information content (AvgIpc) is 2.48. The van der Waals surface area contributed by atoms with E-state index in [-0.39, 0.29) is 17.3 Å². The van der Waals surface area contributed by atoms with E-state index in [0.29, 0.717) is 6.04 Å².